The number of rotatable bonds is 4. The van der Waals surface area contributed by atoms with E-state index < -0.39 is 5.97 Å². The van der Waals surface area contributed by atoms with Crippen LogP contribution in [-0.4, -0.2) is 24.3 Å². The van der Waals surface area contributed by atoms with Crippen molar-refractivity contribution in [3.63, 3.8) is 0 Å². The van der Waals surface area contributed by atoms with Crippen molar-refractivity contribution in [2.45, 2.75) is 57.5 Å². The highest BCUT2D eigenvalue weighted by Crippen LogP contribution is 2.40. The van der Waals surface area contributed by atoms with Crippen LogP contribution in [0.1, 0.15) is 51.4 Å². The highest BCUT2D eigenvalue weighted by atomic mass is 16.5. The monoisotopic (exact) mass is 266 g/mol. The average molecular weight is 266 g/mol. The summed E-state index contributed by atoms with van der Waals surface area (Å²) in [5, 5.41) is 8.65. The Balaban J connectivity index is 1.73. The number of allylic oxidation sites excluding steroid dienone is 1. The smallest absolute Gasteiger partial charge is 0.327 e. The number of carboxylic acid groups (broad SMARTS) is 1. The fourth-order valence-electron chi connectivity index (χ4n) is 3.82. The zero-order valence-corrected chi connectivity index (χ0v) is 11.9. The van der Waals surface area contributed by atoms with Crippen molar-refractivity contribution in [2.24, 2.45) is 17.8 Å². The molecule has 0 atom stereocenters. The highest BCUT2D eigenvalue weighted by molar-refractivity contribution is 5.79. The Hall–Kier alpha value is -0.830. The maximum atomic E-state index is 10.5. The van der Waals surface area contributed by atoms with Gasteiger partial charge in [-0.2, -0.15) is 0 Å². The fourth-order valence-corrected chi connectivity index (χ4v) is 3.82. The first-order chi connectivity index (χ1) is 9.19. The Kier molecular flexibility index (Phi) is 5.44. The van der Waals surface area contributed by atoms with Crippen LogP contribution in [0.15, 0.2) is 12.2 Å². The summed E-state index contributed by atoms with van der Waals surface area (Å²) in [4.78, 5) is 10.5. The van der Waals surface area contributed by atoms with Gasteiger partial charge in [-0.3, -0.25) is 0 Å². The van der Waals surface area contributed by atoms with E-state index in [1.54, 1.807) is 0 Å². The molecule has 0 saturated heterocycles. The van der Waals surface area contributed by atoms with Crippen LogP contribution in [0.4, 0.5) is 0 Å². The number of ether oxygens (including phenoxy) is 1. The predicted octanol–water partition coefficient (Wildman–Crippen LogP) is 3.64. The van der Waals surface area contributed by atoms with Crippen molar-refractivity contribution in [1.29, 1.82) is 0 Å². The summed E-state index contributed by atoms with van der Waals surface area (Å²) in [7, 11) is 1.82. The number of aliphatic carboxylic acids is 1. The quantitative estimate of drug-likeness (QED) is 0.790. The maximum Gasteiger partial charge on any atom is 0.327 e. The van der Waals surface area contributed by atoms with E-state index in [2.05, 4.69) is 0 Å². The fraction of sp³-hybridized carbons (Fsp3) is 0.812. The van der Waals surface area contributed by atoms with Crippen molar-refractivity contribution in [3.05, 3.63) is 12.2 Å². The van der Waals surface area contributed by atoms with Gasteiger partial charge < -0.3 is 9.84 Å². The molecule has 19 heavy (non-hydrogen) atoms. The van der Waals surface area contributed by atoms with Crippen LogP contribution < -0.4 is 0 Å². The molecule has 0 aromatic heterocycles. The van der Waals surface area contributed by atoms with Crippen LogP contribution in [0, 0.1) is 17.8 Å². The molecular formula is C16H26O3. The van der Waals surface area contributed by atoms with Gasteiger partial charge in [0.05, 0.1) is 6.10 Å². The molecule has 108 valence electrons. The maximum absolute atomic E-state index is 10.5. The second-order valence-corrected chi connectivity index (χ2v) is 6.14. The van der Waals surface area contributed by atoms with Crippen molar-refractivity contribution >= 4 is 5.97 Å². The van der Waals surface area contributed by atoms with Gasteiger partial charge in [-0.05, 0) is 69.1 Å². The van der Waals surface area contributed by atoms with Crippen LogP contribution in [0.25, 0.3) is 0 Å². The van der Waals surface area contributed by atoms with E-state index in [9.17, 15) is 4.79 Å². The summed E-state index contributed by atoms with van der Waals surface area (Å²) in [5.41, 5.74) is 0. The lowest BCUT2D eigenvalue weighted by atomic mass is 9.70. The van der Waals surface area contributed by atoms with Crippen LogP contribution in [0.3, 0.4) is 0 Å². The SMILES string of the molecule is COC1CCC(C2CCC(/C=C/C(=O)O)CC2)CC1. The first-order valence-electron chi connectivity index (χ1n) is 7.63. The zero-order valence-electron chi connectivity index (χ0n) is 11.9. The molecule has 3 nitrogen and oxygen atoms in total. The van der Waals surface area contributed by atoms with E-state index in [4.69, 9.17) is 9.84 Å². The van der Waals surface area contributed by atoms with E-state index >= 15 is 0 Å². The van der Waals surface area contributed by atoms with Crippen molar-refractivity contribution in [2.75, 3.05) is 7.11 Å². The summed E-state index contributed by atoms with van der Waals surface area (Å²) >= 11 is 0. The Morgan fingerprint density at radius 3 is 2.00 bits per heavy atom. The predicted molar refractivity (Wildman–Crippen MR) is 75.0 cm³/mol. The molecule has 1 N–H and O–H groups in total. The van der Waals surface area contributed by atoms with Gasteiger partial charge in [-0.15, -0.1) is 0 Å². The van der Waals surface area contributed by atoms with Gasteiger partial charge in [0, 0.05) is 13.2 Å². The summed E-state index contributed by atoms with van der Waals surface area (Å²) in [5.74, 6) is 1.42. The van der Waals surface area contributed by atoms with E-state index in [0.717, 1.165) is 11.8 Å². The number of hydrogen-bond donors (Lipinski definition) is 1. The minimum Gasteiger partial charge on any atom is -0.478 e. The summed E-state index contributed by atoms with van der Waals surface area (Å²) < 4.78 is 5.43. The highest BCUT2D eigenvalue weighted by Gasteiger charge is 2.30. The molecule has 2 rings (SSSR count). The molecule has 0 spiro atoms. The third kappa shape index (κ3) is 4.34. The van der Waals surface area contributed by atoms with Crippen LogP contribution in [-0.2, 0) is 9.53 Å². The first-order valence-corrected chi connectivity index (χ1v) is 7.63. The molecule has 0 aromatic carbocycles. The molecule has 2 fully saturated rings. The van der Waals surface area contributed by atoms with Crippen LogP contribution >= 0.6 is 0 Å². The molecule has 0 heterocycles. The molecule has 3 heteroatoms. The van der Waals surface area contributed by atoms with Crippen molar-refractivity contribution in [1.82, 2.24) is 0 Å². The van der Waals surface area contributed by atoms with Gasteiger partial charge in [-0.1, -0.05) is 6.08 Å². The standard InChI is InChI=1S/C16H26O3/c1-19-15-9-7-14(8-10-15)13-5-2-12(3-6-13)4-11-16(17)18/h4,11-15H,2-3,5-10H2,1H3,(H,17,18)/b11-4+. The molecule has 0 unspecified atom stereocenters. The van der Waals surface area contributed by atoms with Crippen molar-refractivity contribution in [3.8, 4) is 0 Å². The summed E-state index contributed by atoms with van der Waals surface area (Å²) in [6, 6.07) is 0. The normalized spacial score (nSPS) is 36.5. The van der Waals surface area contributed by atoms with E-state index in [1.807, 2.05) is 13.2 Å². The van der Waals surface area contributed by atoms with Gasteiger partial charge in [0.25, 0.3) is 0 Å². The molecular weight excluding hydrogens is 240 g/mol. The molecule has 0 amide bonds. The largest absolute Gasteiger partial charge is 0.478 e. The number of hydrogen-bond acceptors (Lipinski definition) is 2. The number of methoxy groups -OCH3 is 1. The van der Waals surface area contributed by atoms with Crippen LogP contribution in [0.2, 0.25) is 0 Å². The minimum absolute atomic E-state index is 0.489. The molecule has 0 radical (unpaired) electrons. The third-order valence-electron chi connectivity index (χ3n) is 5.05. The lowest BCUT2D eigenvalue weighted by molar-refractivity contribution is -0.131. The average Bonchev–Trinajstić information content (AvgIpc) is 2.46. The summed E-state index contributed by atoms with van der Waals surface area (Å²) in [6.45, 7) is 0. The van der Waals surface area contributed by atoms with Gasteiger partial charge in [0.1, 0.15) is 0 Å². The van der Waals surface area contributed by atoms with E-state index in [1.165, 1.54) is 57.4 Å². The molecule has 0 bridgehead atoms. The lowest BCUT2D eigenvalue weighted by Crippen LogP contribution is -2.27. The van der Waals surface area contributed by atoms with E-state index in [0.29, 0.717) is 12.0 Å². The Bertz CT molecular complexity index is 308. The molecule has 2 aliphatic carbocycles. The second kappa shape index (κ2) is 7.09. The minimum atomic E-state index is -0.819. The van der Waals surface area contributed by atoms with Gasteiger partial charge >= 0.3 is 5.97 Å². The molecule has 2 saturated carbocycles. The van der Waals surface area contributed by atoms with Gasteiger partial charge in [-0.25, -0.2) is 4.79 Å². The zero-order chi connectivity index (χ0) is 13.7. The molecule has 0 aromatic rings. The molecule has 0 aliphatic heterocycles. The number of carbonyl (C=O) groups is 1. The topological polar surface area (TPSA) is 46.5 Å². The Labute approximate surface area is 116 Å². The number of carboxylic acids is 1. The van der Waals surface area contributed by atoms with Gasteiger partial charge in [0.2, 0.25) is 0 Å². The molecule has 2 aliphatic rings. The second-order valence-electron chi connectivity index (χ2n) is 6.14. The van der Waals surface area contributed by atoms with Gasteiger partial charge in [0.15, 0.2) is 0 Å². The summed E-state index contributed by atoms with van der Waals surface area (Å²) in [6.07, 6.45) is 13.7. The Morgan fingerprint density at radius 1 is 1.00 bits per heavy atom. The Morgan fingerprint density at radius 2 is 1.53 bits per heavy atom. The van der Waals surface area contributed by atoms with Crippen molar-refractivity contribution < 1.29 is 14.6 Å². The van der Waals surface area contributed by atoms with E-state index in [-0.39, 0.29) is 0 Å². The third-order valence-corrected chi connectivity index (χ3v) is 5.05. The van der Waals surface area contributed by atoms with Crippen LogP contribution in [0.5, 0.6) is 0 Å². The lowest BCUT2D eigenvalue weighted by Gasteiger charge is -2.37. The first kappa shape index (κ1) is 14.6.